The zero-order chi connectivity index (χ0) is 0. The van der Waals surface area contributed by atoms with E-state index in [1.807, 2.05) is 0 Å². The van der Waals surface area contributed by atoms with Gasteiger partial charge in [0.2, 0.25) is 0 Å². The molecule has 0 heterocycles. The fourth-order valence-electron chi connectivity index (χ4n) is 0. The Balaban J connectivity index is 0. The molecule has 0 saturated heterocycles. The van der Waals surface area contributed by atoms with Gasteiger partial charge in [0.05, 0.1) is 0 Å². The molecule has 0 bridgehead atoms. The van der Waals surface area contributed by atoms with Crippen molar-refractivity contribution in [3.8, 4) is 0 Å². The summed E-state index contributed by atoms with van der Waals surface area (Å²) in [4.78, 5) is 0. The Kier molecular flexibility index (Phi) is 21900. The molecule has 0 unspecified atom stereocenters. The van der Waals surface area contributed by atoms with Gasteiger partial charge in [-0.25, -0.2) is 0 Å². The van der Waals surface area contributed by atoms with Crippen LogP contribution in [0.4, 0.5) is 0 Å². The fraction of sp³-hybridized carbons (Fsp3) is 0. The van der Waals surface area contributed by atoms with Crippen molar-refractivity contribution in [1.82, 2.24) is 0 Å². The van der Waals surface area contributed by atoms with Crippen LogP contribution in [0.2, 0.25) is 0 Å². The van der Waals surface area contributed by atoms with Crippen molar-refractivity contribution >= 4 is 25.8 Å². The molecular formula is H13InO5. The van der Waals surface area contributed by atoms with Crippen LogP contribution in [0, 0.1) is 0 Å². The maximum atomic E-state index is 0. The Morgan fingerprint density at radius 3 is 0.333 bits per heavy atom. The first-order chi connectivity index (χ1) is 0. The van der Waals surface area contributed by atoms with E-state index in [0.717, 1.165) is 0 Å². The van der Waals surface area contributed by atoms with Crippen molar-refractivity contribution in [1.29, 1.82) is 0 Å². The number of hydrogen-bond donors (Lipinski definition) is 0. The summed E-state index contributed by atoms with van der Waals surface area (Å²) < 4.78 is 0. The monoisotopic (exact) mass is 208 g/mol. The predicted octanol–water partition coefficient (Wildman–Crippen LogP) is -5.31. The van der Waals surface area contributed by atoms with Crippen LogP contribution in [-0.2, 0) is 0 Å². The van der Waals surface area contributed by atoms with Gasteiger partial charge < -0.3 is 27.4 Å². The number of hydrogen-bond acceptors (Lipinski definition) is 0. The standard InChI is InChI=1S/In.5H2O.3H/h;5*1H2;;;. The summed E-state index contributed by atoms with van der Waals surface area (Å²) in [7, 11) is 0. The molecule has 0 radical (unpaired) electrons. The van der Waals surface area contributed by atoms with Crippen LogP contribution in [-0.4, -0.2) is 53.2 Å². The van der Waals surface area contributed by atoms with Gasteiger partial charge in [0, 0.05) is 0 Å². The second-order valence-electron chi connectivity index (χ2n) is 0. The summed E-state index contributed by atoms with van der Waals surface area (Å²) in [5.74, 6) is 0. The number of rotatable bonds is 0. The zero-order valence-electron chi connectivity index (χ0n) is 2.50. The summed E-state index contributed by atoms with van der Waals surface area (Å²) in [5, 5.41) is 0. The molecule has 0 amide bonds. The van der Waals surface area contributed by atoms with Crippen molar-refractivity contribution < 1.29 is 27.4 Å². The van der Waals surface area contributed by atoms with E-state index in [0.29, 0.717) is 0 Å². The van der Waals surface area contributed by atoms with Crippen LogP contribution < -0.4 is 0 Å². The Morgan fingerprint density at radius 1 is 0.333 bits per heavy atom. The fourth-order valence-corrected chi connectivity index (χ4v) is 0. The first-order valence-corrected chi connectivity index (χ1v) is 0. The molecule has 0 rings (SSSR count). The molecule has 5 nitrogen and oxygen atoms in total. The van der Waals surface area contributed by atoms with E-state index in [9.17, 15) is 0 Å². The molecule has 0 atom stereocenters. The average Bonchev–Trinajstić information content (AvgIpc) is 0. The normalized spacial score (nSPS) is 0. The molecule has 0 aromatic rings. The van der Waals surface area contributed by atoms with Gasteiger partial charge in [-0.05, 0) is 0 Å². The van der Waals surface area contributed by atoms with Crippen LogP contribution in [0.5, 0.6) is 0 Å². The van der Waals surface area contributed by atoms with Gasteiger partial charge in [-0.15, -0.1) is 0 Å². The van der Waals surface area contributed by atoms with Gasteiger partial charge in [0.15, 0.2) is 0 Å². The molecule has 0 spiro atoms. The summed E-state index contributed by atoms with van der Waals surface area (Å²) in [6.45, 7) is 0. The third kappa shape index (κ3) is 140. The molecule has 6 heteroatoms. The van der Waals surface area contributed by atoms with Crippen molar-refractivity contribution in [2.45, 2.75) is 0 Å². The second kappa shape index (κ2) is 275. The molecule has 10 N–H and O–H groups in total. The van der Waals surface area contributed by atoms with Crippen molar-refractivity contribution in [3.05, 3.63) is 0 Å². The molecule has 0 aromatic heterocycles. The van der Waals surface area contributed by atoms with Crippen LogP contribution in [0.25, 0.3) is 0 Å². The van der Waals surface area contributed by atoms with Gasteiger partial charge in [0.25, 0.3) is 0 Å². The summed E-state index contributed by atoms with van der Waals surface area (Å²) in [6.07, 6.45) is 0. The minimum absolute atomic E-state index is 0. The van der Waals surface area contributed by atoms with Crippen molar-refractivity contribution in [2.75, 3.05) is 0 Å². The van der Waals surface area contributed by atoms with E-state index < -0.39 is 0 Å². The average molecular weight is 208 g/mol. The van der Waals surface area contributed by atoms with Gasteiger partial charge in [-0.1, -0.05) is 0 Å². The predicted molar refractivity (Wildman–Crippen MR) is 28.0 cm³/mol. The zero-order valence-corrected chi connectivity index (χ0v) is 2.50. The molecule has 0 fully saturated rings. The summed E-state index contributed by atoms with van der Waals surface area (Å²) in [6, 6.07) is 0. The van der Waals surface area contributed by atoms with Gasteiger partial charge in [0.1, 0.15) is 0 Å². The molecule has 46 valence electrons. The van der Waals surface area contributed by atoms with Crippen LogP contribution in [0.3, 0.4) is 0 Å². The molecule has 0 saturated carbocycles. The Hall–Kier alpha value is 0.670. The topological polar surface area (TPSA) is 158 Å². The Morgan fingerprint density at radius 2 is 0.333 bits per heavy atom. The molecule has 0 aromatic carbocycles. The van der Waals surface area contributed by atoms with Gasteiger partial charge in [-0.3, -0.25) is 0 Å². The molecule has 0 aliphatic rings. The van der Waals surface area contributed by atoms with Crippen LogP contribution in [0.15, 0.2) is 0 Å². The van der Waals surface area contributed by atoms with E-state index in [-0.39, 0.29) is 53.2 Å². The Labute approximate surface area is 53.7 Å². The van der Waals surface area contributed by atoms with Crippen LogP contribution >= 0.6 is 0 Å². The summed E-state index contributed by atoms with van der Waals surface area (Å²) >= 11 is 0. The van der Waals surface area contributed by atoms with Crippen molar-refractivity contribution in [2.24, 2.45) is 0 Å². The first kappa shape index (κ1) is 478. The molecule has 0 aliphatic carbocycles. The minimum atomic E-state index is 0. The van der Waals surface area contributed by atoms with E-state index in [4.69, 9.17) is 0 Å². The van der Waals surface area contributed by atoms with Crippen LogP contribution in [0.1, 0.15) is 0 Å². The van der Waals surface area contributed by atoms with E-state index in [1.54, 1.807) is 0 Å². The van der Waals surface area contributed by atoms with E-state index >= 15 is 0 Å². The van der Waals surface area contributed by atoms with Crippen molar-refractivity contribution in [3.63, 3.8) is 0 Å². The van der Waals surface area contributed by atoms with E-state index in [1.165, 1.54) is 0 Å². The third-order valence-electron chi connectivity index (χ3n) is 0. The third-order valence-corrected chi connectivity index (χ3v) is 0. The first-order valence-electron chi connectivity index (χ1n) is 0. The quantitative estimate of drug-likeness (QED) is 0.372. The summed E-state index contributed by atoms with van der Waals surface area (Å²) in [5.41, 5.74) is 0. The van der Waals surface area contributed by atoms with Gasteiger partial charge >= 0.3 is 25.8 Å². The van der Waals surface area contributed by atoms with E-state index in [2.05, 4.69) is 0 Å². The van der Waals surface area contributed by atoms with Gasteiger partial charge in [-0.2, -0.15) is 0 Å². The Bertz CT molecular complexity index is 3.90. The SMILES string of the molecule is O.O.O.O.O.[InH3]. The molecular weight excluding hydrogens is 195 g/mol. The maximum absolute atomic E-state index is 0. The second-order valence-corrected chi connectivity index (χ2v) is 0. The molecule has 6 heavy (non-hydrogen) atoms. The molecule has 0 aliphatic heterocycles.